The van der Waals surface area contributed by atoms with Gasteiger partial charge in [-0.1, -0.05) is 12.1 Å². The standard InChI is InChI=1S/C16H17N3O9S/c20-6-9-11(21)12(22)13(23)15(28-9)27-8-4-2-1-3-7(8)14(24)18-16-17-5-10(29-16)19(25)26/h1-5,9,11-13,15,20-23H,6H2,(H,17,18,24)/t9-,11-,12+,13-,15-/m1/s1. The lowest BCUT2D eigenvalue weighted by molar-refractivity contribution is -0.380. The number of nitro groups is 1. The van der Waals surface area contributed by atoms with E-state index < -0.39 is 48.1 Å². The number of para-hydroxylation sites is 1. The smallest absolute Gasteiger partial charge is 0.345 e. The van der Waals surface area contributed by atoms with Crippen molar-refractivity contribution in [2.45, 2.75) is 30.7 Å². The molecule has 29 heavy (non-hydrogen) atoms. The Labute approximate surface area is 167 Å². The Bertz CT molecular complexity index is 890. The molecule has 0 aliphatic carbocycles. The van der Waals surface area contributed by atoms with Gasteiger partial charge in [-0.15, -0.1) is 0 Å². The zero-order valence-corrected chi connectivity index (χ0v) is 15.4. The first kappa shape index (κ1) is 21.0. The number of aliphatic hydroxyl groups excluding tert-OH is 4. The van der Waals surface area contributed by atoms with Gasteiger partial charge in [-0.05, 0) is 23.5 Å². The van der Waals surface area contributed by atoms with Crippen LogP contribution in [0.5, 0.6) is 5.75 Å². The van der Waals surface area contributed by atoms with Crippen molar-refractivity contribution in [2.24, 2.45) is 0 Å². The number of nitrogens with one attached hydrogen (secondary N) is 1. The molecule has 0 radical (unpaired) electrons. The largest absolute Gasteiger partial charge is 0.461 e. The summed E-state index contributed by atoms with van der Waals surface area (Å²) in [5.41, 5.74) is 0.00214. The van der Waals surface area contributed by atoms with Gasteiger partial charge in [-0.25, -0.2) is 4.98 Å². The highest BCUT2D eigenvalue weighted by Gasteiger charge is 2.45. The van der Waals surface area contributed by atoms with Crippen LogP contribution in [0, 0.1) is 10.1 Å². The van der Waals surface area contributed by atoms with Gasteiger partial charge in [0.05, 0.1) is 17.1 Å². The third kappa shape index (κ3) is 4.50. The van der Waals surface area contributed by atoms with Crippen LogP contribution >= 0.6 is 11.3 Å². The van der Waals surface area contributed by atoms with Crippen molar-refractivity contribution in [1.29, 1.82) is 0 Å². The topological polar surface area (TPSA) is 185 Å². The molecule has 1 fully saturated rings. The van der Waals surface area contributed by atoms with E-state index in [2.05, 4.69) is 10.3 Å². The zero-order valence-electron chi connectivity index (χ0n) is 14.6. The van der Waals surface area contributed by atoms with Crippen molar-refractivity contribution in [3.05, 3.63) is 46.1 Å². The van der Waals surface area contributed by atoms with Crippen LogP contribution in [-0.4, -0.2) is 73.6 Å². The lowest BCUT2D eigenvalue weighted by Gasteiger charge is -2.39. The van der Waals surface area contributed by atoms with Crippen LogP contribution in [0.4, 0.5) is 10.1 Å². The predicted octanol–water partition coefficient (Wildman–Crippen LogP) is -0.518. The van der Waals surface area contributed by atoms with E-state index in [-0.39, 0.29) is 21.4 Å². The van der Waals surface area contributed by atoms with Crippen molar-refractivity contribution >= 4 is 27.4 Å². The number of thiazole rings is 1. The minimum Gasteiger partial charge on any atom is -0.461 e. The van der Waals surface area contributed by atoms with Crippen LogP contribution in [0.3, 0.4) is 0 Å². The average molecular weight is 427 g/mol. The quantitative estimate of drug-likeness (QED) is 0.297. The molecule has 1 amide bonds. The predicted molar refractivity (Wildman–Crippen MR) is 97.6 cm³/mol. The van der Waals surface area contributed by atoms with Gasteiger partial charge in [0.25, 0.3) is 5.91 Å². The Kier molecular flexibility index (Phi) is 6.36. The van der Waals surface area contributed by atoms with Crippen molar-refractivity contribution in [2.75, 3.05) is 11.9 Å². The Hall–Kier alpha value is -2.68. The van der Waals surface area contributed by atoms with Gasteiger partial charge in [-0.3, -0.25) is 20.2 Å². The maximum atomic E-state index is 12.5. The summed E-state index contributed by atoms with van der Waals surface area (Å²) in [7, 11) is 0. The van der Waals surface area contributed by atoms with Gasteiger partial charge in [0.15, 0.2) is 5.13 Å². The van der Waals surface area contributed by atoms with Gasteiger partial charge in [0.1, 0.15) is 36.4 Å². The summed E-state index contributed by atoms with van der Waals surface area (Å²) in [4.78, 5) is 26.4. The monoisotopic (exact) mass is 427 g/mol. The van der Waals surface area contributed by atoms with E-state index in [1.807, 2.05) is 0 Å². The summed E-state index contributed by atoms with van der Waals surface area (Å²) in [6, 6.07) is 5.89. The summed E-state index contributed by atoms with van der Waals surface area (Å²) in [5, 5.41) is 51.9. The molecule has 12 nitrogen and oxygen atoms in total. The third-order valence-electron chi connectivity index (χ3n) is 4.12. The van der Waals surface area contributed by atoms with E-state index in [0.29, 0.717) is 11.3 Å². The number of hydrogen-bond acceptors (Lipinski definition) is 11. The van der Waals surface area contributed by atoms with Crippen LogP contribution in [0.15, 0.2) is 30.5 Å². The fourth-order valence-corrected chi connectivity index (χ4v) is 3.25. The van der Waals surface area contributed by atoms with Gasteiger partial charge in [0, 0.05) is 0 Å². The first-order chi connectivity index (χ1) is 13.8. The summed E-state index contributed by atoms with van der Waals surface area (Å²) < 4.78 is 10.8. The average Bonchev–Trinajstić information content (AvgIpc) is 3.17. The maximum absolute atomic E-state index is 12.5. The lowest BCUT2D eigenvalue weighted by atomic mass is 9.99. The number of carbonyl (C=O) groups excluding carboxylic acids is 1. The minimum atomic E-state index is -1.65. The second-order valence-electron chi connectivity index (χ2n) is 6.03. The van der Waals surface area contributed by atoms with Crippen molar-refractivity contribution in [1.82, 2.24) is 4.98 Å². The molecule has 13 heteroatoms. The van der Waals surface area contributed by atoms with Gasteiger partial charge < -0.3 is 29.9 Å². The molecular weight excluding hydrogens is 410 g/mol. The molecule has 5 N–H and O–H groups in total. The number of anilines is 1. The normalized spacial score (nSPS) is 26.7. The molecule has 1 aromatic heterocycles. The van der Waals surface area contributed by atoms with E-state index in [0.717, 1.165) is 6.20 Å². The first-order valence-electron chi connectivity index (χ1n) is 8.29. The number of nitrogens with zero attached hydrogens (tertiary/aromatic N) is 2. The van der Waals surface area contributed by atoms with Crippen LogP contribution in [0.2, 0.25) is 0 Å². The van der Waals surface area contributed by atoms with Gasteiger partial charge in [-0.2, -0.15) is 0 Å². The molecular formula is C16H17N3O9S. The SMILES string of the molecule is O=C(Nc1ncc([N+](=O)[O-])s1)c1ccccc1O[C@@H]1O[C@H](CO)[C@@H](O)[C@H](O)[C@H]1O. The molecule has 5 atom stereocenters. The van der Waals surface area contributed by atoms with E-state index in [1.54, 1.807) is 12.1 Å². The molecule has 1 aliphatic heterocycles. The van der Waals surface area contributed by atoms with Crippen molar-refractivity contribution < 1.29 is 39.6 Å². The highest BCUT2D eigenvalue weighted by molar-refractivity contribution is 7.18. The molecule has 3 rings (SSSR count). The number of benzene rings is 1. The lowest BCUT2D eigenvalue weighted by Crippen LogP contribution is -2.60. The molecule has 2 aromatic rings. The molecule has 0 bridgehead atoms. The van der Waals surface area contributed by atoms with Crippen molar-refractivity contribution in [3.8, 4) is 5.75 Å². The Morgan fingerprint density at radius 2 is 2.00 bits per heavy atom. The van der Waals surface area contributed by atoms with Gasteiger partial charge >= 0.3 is 5.00 Å². The van der Waals surface area contributed by atoms with E-state index in [4.69, 9.17) is 9.47 Å². The molecule has 1 aromatic carbocycles. The number of amides is 1. The van der Waals surface area contributed by atoms with Gasteiger partial charge in [0.2, 0.25) is 6.29 Å². The molecule has 156 valence electrons. The minimum absolute atomic E-state index is 0.00214. The fraction of sp³-hybridized carbons (Fsp3) is 0.375. The molecule has 1 aliphatic rings. The van der Waals surface area contributed by atoms with Crippen molar-refractivity contribution in [3.63, 3.8) is 0 Å². The second kappa shape index (κ2) is 8.77. The Balaban J connectivity index is 1.77. The molecule has 0 saturated carbocycles. The van der Waals surface area contributed by atoms with E-state index in [9.17, 15) is 35.3 Å². The highest BCUT2D eigenvalue weighted by atomic mass is 32.1. The fourth-order valence-electron chi connectivity index (χ4n) is 2.62. The van der Waals surface area contributed by atoms with Crippen LogP contribution in [0.1, 0.15) is 10.4 Å². The molecule has 1 saturated heterocycles. The van der Waals surface area contributed by atoms with Crippen LogP contribution < -0.4 is 10.1 Å². The number of aliphatic hydroxyl groups is 4. The second-order valence-corrected chi connectivity index (χ2v) is 7.04. The third-order valence-corrected chi connectivity index (χ3v) is 4.98. The number of rotatable bonds is 6. The van der Waals surface area contributed by atoms with Crippen LogP contribution in [0.25, 0.3) is 0 Å². The zero-order chi connectivity index (χ0) is 21.1. The number of carbonyl (C=O) groups is 1. The molecule has 0 unspecified atom stereocenters. The van der Waals surface area contributed by atoms with E-state index in [1.165, 1.54) is 12.1 Å². The number of aromatic nitrogens is 1. The Morgan fingerprint density at radius 3 is 2.66 bits per heavy atom. The number of hydrogen-bond donors (Lipinski definition) is 5. The molecule has 0 spiro atoms. The number of ether oxygens (including phenoxy) is 2. The highest BCUT2D eigenvalue weighted by Crippen LogP contribution is 2.29. The van der Waals surface area contributed by atoms with E-state index >= 15 is 0 Å². The summed E-state index contributed by atoms with van der Waals surface area (Å²) in [5.74, 6) is -0.713. The summed E-state index contributed by atoms with van der Waals surface area (Å²) >= 11 is 0.673. The molecule has 2 heterocycles. The summed E-state index contributed by atoms with van der Waals surface area (Å²) in [6.07, 6.45) is -6.46. The van der Waals surface area contributed by atoms with Crippen LogP contribution in [-0.2, 0) is 4.74 Å². The first-order valence-corrected chi connectivity index (χ1v) is 9.11. The maximum Gasteiger partial charge on any atom is 0.345 e. The Morgan fingerprint density at radius 1 is 1.28 bits per heavy atom. The summed E-state index contributed by atoms with van der Waals surface area (Å²) in [6.45, 7) is -0.629.